The summed E-state index contributed by atoms with van der Waals surface area (Å²) in [5.41, 5.74) is 0. The molecule has 1 atom stereocenters. The van der Waals surface area contributed by atoms with Gasteiger partial charge in [-0.3, -0.25) is 4.55 Å². The third-order valence-electron chi connectivity index (χ3n) is 1.39. The van der Waals surface area contributed by atoms with E-state index in [4.69, 9.17) is 4.55 Å². The van der Waals surface area contributed by atoms with Crippen molar-refractivity contribution in [1.82, 2.24) is 0 Å². The first-order chi connectivity index (χ1) is 4.87. The Balaban J connectivity index is 4.10. The summed E-state index contributed by atoms with van der Waals surface area (Å²) in [5, 5.41) is 0. The monoisotopic (exact) mass is 182 g/mol. The highest BCUT2D eigenvalue weighted by atomic mass is 32.3. The van der Waals surface area contributed by atoms with E-state index < -0.39 is 16.5 Å². The van der Waals surface area contributed by atoms with Gasteiger partial charge in [0.15, 0.2) is 0 Å². The predicted molar refractivity (Wildman–Crippen MR) is 41.6 cm³/mol. The molecule has 0 bridgehead atoms. The van der Waals surface area contributed by atoms with Crippen molar-refractivity contribution in [2.45, 2.75) is 33.3 Å². The Kier molecular flexibility index (Phi) is 3.99. The molecule has 0 saturated heterocycles. The molecule has 11 heavy (non-hydrogen) atoms. The molecule has 0 heterocycles. The standard InChI is InChI=1S/C6H14O4S/c1-4-6(5(2)3)10-11(7,8)9/h5-6H,4H2,1-3H3,(H,7,8,9)/t6-/m1/s1. The first-order valence-corrected chi connectivity index (χ1v) is 4.89. The van der Waals surface area contributed by atoms with Gasteiger partial charge in [0.2, 0.25) is 0 Å². The van der Waals surface area contributed by atoms with Gasteiger partial charge in [0.1, 0.15) is 0 Å². The van der Waals surface area contributed by atoms with Crippen LogP contribution in [0.15, 0.2) is 0 Å². The van der Waals surface area contributed by atoms with Crippen molar-refractivity contribution < 1.29 is 17.2 Å². The fourth-order valence-corrected chi connectivity index (χ4v) is 1.48. The second kappa shape index (κ2) is 4.04. The van der Waals surface area contributed by atoms with Gasteiger partial charge in [-0.05, 0) is 12.3 Å². The molecule has 0 unspecified atom stereocenters. The molecule has 68 valence electrons. The summed E-state index contributed by atoms with van der Waals surface area (Å²) < 4.78 is 33.2. The molecule has 0 aromatic carbocycles. The Morgan fingerprint density at radius 3 is 2.00 bits per heavy atom. The summed E-state index contributed by atoms with van der Waals surface area (Å²) in [5.74, 6) is 0.0851. The predicted octanol–water partition coefficient (Wildman–Crippen LogP) is 1.24. The van der Waals surface area contributed by atoms with Gasteiger partial charge < -0.3 is 0 Å². The molecule has 1 N–H and O–H groups in total. The Labute approximate surface area is 67.5 Å². The third kappa shape index (κ3) is 5.17. The van der Waals surface area contributed by atoms with Crippen LogP contribution in [-0.2, 0) is 14.6 Å². The highest BCUT2D eigenvalue weighted by Gasteiger charge is 2.18. The second-order valence-corrected chi connectivity index (χ2v) is 3.76. The zero-order chi connectivity index (χ0) is 9.07. The van der Waals surface area contributed by atoms with Gasteiger partial charge in [-0.25, -0.2) is 4.18 Å². The lowest BCUT2D eigenvalue weighted by Crippen LogP contribution is -2.22. The third-order valence-corrected chi connectivity index (χ3v) is 1.88. The zero-order valence-corrected chi connectivity index (χ0v) is 7.76. The van der Waals surface area contributed by atoms with Crippen molar-refractivity contribution in [3.63, 3.8) is 0 Å². The summed E-state index contributed by atoms with van der Waals surface area (Å²) in [6.45, 7) is 5.47. The van der Waals surface area contributed by atoms with Crippen LogP contribution in [-0.4, -0.2) is 19.1 Å². The molecule has 0 amide bonds. The zero-order valence-electron chi connectivity index (χ0n) is 6.94. The van der Waals surface area contributed by atoms with Gasteiger partial charge in [0, 0.05) is 0 Å². The van der Waals surface area contributed by atoms with Crippen molar-refractivity contribution in [1.29, 1.82) is 0 Å². The van der Waals surface area contributed by atoms with Gasteiger partial charge in [-0.2, -0.15) is 8.42 Å². The van der Waals surface area contributed by atoms with Crippen LogP contribution in [0.2, 0.25) is 0 Å². The molecule has 4 nitrogen and oxygen atoms in total. The molecular weight excluding hydrogens is 168 g/mol. The Morgan fingerprint density at radius 1 is 1.45 bits per heavy atom. The van der Waals surface area contributed by atoms with Gasteiger partial charge in [-0.1, -0.05) is 20.8 Å². The van der Waals surface area contributed by atoms with E-state index in [0.29, 0.717) is 6.42 Å². The second-order valence-electron chi connectivity index (χ2n) is 2.71. The molecule has 0 rings (SSSR count). The van der Waals surface area contributed by atoms with Gasteiger partial charge in [0.05, 0.1) is 6.10 Å². The van der Waals surface area contributed by atoms with Gasteiger partial charge in [0.25, 0.3) is 0 Å². The highest BCUT2D eigenvalue weighted by molar-refractivity contribution is 7.80. The van der Waals surface area contributed by atoms with Crippen LogP contribution in [0.4, 0.5) is 0 Å². The fourth-order valence-electron chi connectivity index (χ4n) is 0.807. The minimum atomic E-state index is -4.28. The van der Waals surface area contributed by atoms with Gasteiger partial charge in [-0.15, -0.1) is 0 Å². The quantitative estimate of drug-likeness (QED) is 0.664. The van der Waals surface area contributed by atoms with Crippen LogP contribution in [0.25, 0.3) is 0 Å². The molecule has 0 spiro atoms. The van der Waals surface area contributed by atoms with Crippen molar-refractivity contribution in [3.05, 3.63) is 0 Å². The minimum Gasteiger partial charge on any atom is -0.264 e. The van der Waals surface area contributed by atoms with E-state index in [9.17, 15) is 8.42 Å². The van der Waals surface area contributed by atoms with Gasteiger partial charge >= 0.3 is 10.4 Å². The topological polar surface area (TPSA) is 63.6 Å². The van der Waals surface area contributed by atoms with Crippen molar-refractivity contribution in [2.75, 3.05) is 0 Å². The first kappa shape index (κ1) is 10.9. The number of hydrogen-bond donors (Lipinski definition) is 1. The molecule has 0 radical (unpaired) electrons. The molecule has 0 aromatic heterocycles. The normalized spacial score (nSPS) is 15.4. The van der Waals surface area contributed by atoms with Crippen LogP contribution in [0.1, 0.15) is 27.2 Å². The lowest BCUT2D eigenvalue weighted by Gasteiger charge is -2.16. The Morgan fingerprint density at radius 2 is 1.91 bits per heavy atom. The van der Waals surface area contributed by atoms with E-state index in [1.54, 1.807) is 6.92 Å². The molecule has 0 aromatic rings. The van der Waals surface area contributed by atoms with E-state index in [1.807, 2.05) is 13.8 Å². The highest BCUT2D eigenvalue weighted by Crippen LogP contribution is 2.12. The lowest BCUT2D eigenvalue weighted by molar-refractivity contribution is 0.135. The van der Waals surface area contributed by atoms with Crippen LogP contribution >= 0.6 is 0 Å². The van der Waals surface area contributed by atoms with Crippen LogP contribution in [0.3, 0.4) is 0 Å². The maximum absolute atomic E-state index is 10.2. The van der Waals surface area contributed by atoms with E-state index in [2.05, 4.69) is 4.18 Å². The number of hydrogen-bond acceptors (Lipinski definition) is 3. The number of rotatable bonds is 4. The first-order valence-electron chi connectivity index (χ1n) is 3.52. The molecule has 0 aliphatic heterocycles. The van der Waals surface area contributed by atoms with Crippen molar-refractivity contribution in [3.8, 4) is 0 Å². The molecule has 5 heteroatoms. The van der Waals surface area contributed by atoms with E-state index in [-0.39, 0.29) is 5.92 Å². The maximum Gasteiger partial charge on any atom is 0.397 e. The largest absolute Gasteiger partial charge is 0.397 e. The maximum atomic E-state index is 10.2. The summed E-state index contributed by atoms with van der Waals surface area (Å²) in [6.07, 6.45) is 0.141. The summed E-state index contributed by atoms with van der Waals surface area (Å²) in [4.78, 5) is 0. The molecule has 0 saturated carbocycles. The smallest absolute Gasteiger partial charge is 0.264 e. The van der Waals surface area contributed by atoms with Crippen molar-refractivity contribution >= 4 is 10.4 Å². The molecule has 0 aliphatic carbocycles. The summed E-state index contributed by atoms with van der Waals surface area (Å²) >= 11 is 0. The molecular formula is C6H14O4S. The Hall–Kier alpha value is -0.130. The van der Waals surface area contributed by atoms with E-state index >= 15 is 0 Å². The molecule has 0 fully saturated rings. The van der Waals surface area contributed by atoms with Crippen molar-refractivity contribution in [2.24, 2.45) is 5.92 Å². The Bertz CT molecular complexity index is 195. The van der Waals surface area contributed by atoms with Crippen LogP contribution in [0, 0.1) is 5.92 Å². The SMILES string of the molecule is CC[C@@H](OS(=O)(=O)O)C(C)C. The van der Waals surface area contributed by atoms with Crippen LogP contribution in [0.5, 0.6) is 0 Å². The average Bonchev–Trinajstić information content (AvgIpc) is 1.80. The van der Waals surface area contributed by atoms with Crippen LogP contribution < -0.4 is 0 Å². The minimum absolute atomic E-state index is 0.0851. The van der Waals surface area contributed by atoms with E-state index in [0.717, 1.165) is 0 Å². The lowest BCUT2D eigenvalue weighted by atomic mass is 10.1. The molecule has 0 aliphatic rings. The average molecular weight is 182 g/mol. The fraction of sp³-hybridized carbons (Fsp3) is 1.00. The summed E-state index contributed by atoms with van der Waals surface area (Å²) in [6, 6.07) is 0. The van der Waals surface area contributed by atoms with E-state index in [1.165, 1.54) is 0 Å². The summed E-state index contributed by atoms with van der Waals surface area (Å²) in [7, 11) is -4.28.